The van der Waals surface area contributed by atoms with Crippen LogP contribution in [0.25, 0.3) is 0 Å². The van der Waals surface area contributed by atoms with Gasteiger partial charge in [-0.05, 0) is 13.0 Å². The molecule has 0 fully saturated rings. The molecule has 1 rings (SSSR count). The molecule has 7 heteroatoms. The Bertz CT molecular complexity index is 533. The normalized spacial score (nSPS) is 11.5. The summed E-state index contributed by atoms with van der Waals surface area (Å²) in [6, 6.07) is 5.05. The van der Waals surface area contributed by atoms with Crippen LogP contribution in [-0.4, -0.2) is 28.9 Å². The number of carbonyl (C=O) groups is 3. The van der Waals surface area contributed by atoms with E-state index in [-0.39, 0.29) is 19.4 Å². The molecule has 0 heterocycles. The van der Waals surface area contributed by atoms with Gasteiger partial charge in [0, 0.05) is 24.9 Å². The number of nitrogens with one attached hydrogen (secondary N) is 2. The maximum absolute atomic E-state index is 13.3. The number of hydrogen-bond acceptors (Lipinski definition) is 3. The smallest absolute Gasteiger partial charge is 0.325 e. The predicted molar refractivity (Wildman–Crippen MR) is 72.7 cm³/mol. The van der Waals surface area contributed by atoms with E-state index in [0.717, 1.165) is 0 Å². The average molecular weight is 296 g/mol. The fourth-order valence-electron chi connectivity index (χ4n) is 1.53. The van der Waals surface area contributed by atoms with Gasteiger partial charge in [-0.2, -0.15) is 0 Å². The van der Waals surface area contributed by atoms with Crippen LogP contribution in [0.1, 0.15) is 25.3 Å². The van der Waals surface area contributed by atoms with E-state index >= 15 is 0 Å². The second-order valence-electron chi connectivity index (χ2n) is 4.50. The number of carbonyl (C=O) groups excluding carboxylic acids is 2. The first kappa shape index (κ1) is 16.6. The maximum Gasteiger partial charge on any atom is 0.325 e. The highest BCUT2D eigenvalue weighted by Gasteiger charge is 2.14. The summed E-state index contributed by atoms with van der Waals surface area (Å²) in [5.41, 5.74) is 0.356. The summed E-state index contributed by atoms with van der Waals surface area (Å²) >= 11 is 0. The van der Waals surface area contributed by atoms with Crippen molar-refractivity contribution in [2.75, 3.05) is 0 Å². The third-order valence-corrected chi connectivity index (χ3v) is 2.76. The summed E-state index contributed by atoms with van der Waals surface area (Å²) in [5, 5.41) is 13.4. The average Bonchev–Trinajstić information content (AvgIpc) is 2.44. The minimum absolute atomic E-state index is 0.0403. The molecule has 1 atom stereocenters. The van der Waals surface area contributed by atoms with E-state index in [4.69, 9.17) is 5.11 Å². The number of hydrogen-bond donors (Lipinski definition) is 3. The van der Waals surface area contributed by atoms with Crippen molar-refractivity contribution in [3.63, 3.8) is 0 Å². The van der Waals surface area contributed by atoms with E-state index in [1.807, 2.05) is 0 Å². The van der Waals surface area contributed by atoms with Crippen molar-refractivity contribution in [3.8, 4) is 0 Å². The van der Waals surface area contributed by atoms with Crippen molar-refractivity contribution in [2.24, 2.45) is 0 Å². The van der Waals surface area contributed by atoms with Crippen LogP contribution in [0.5, 0.6) is 0 Å². The molecule has 21 heavy (non-hydrogen) atoms. The molecule has 0 aliphatic carbocycles. The topological polar surface area (TPSA) is 95.5 Å². The second-order valence-corrected chi connectivity index (χ2v) is 4.50. The van der Waals surface area contributed by atoms with Gasteiger partial charge in [0.1, 0.15) is 11.9 Å². The molecule has 1 aromatic rings. The Morgan fingerprint density at radius 1 is 1.19 bits per heavy atom. The van der Waals surface area contributed by atoms with Crippen molar-refractivity contribution in [1.82, 2.24) is 10.6 Å². The molecule has 0 spiro atoms. The lowest BCUT2D eigenvalue weighted by molar-refractivity contribution is -0.141. The third kappa shape index (κ3) is 6.03. The molecule has 0 saturated carbocycles. The van der Waals surface area contributed by atoms with Crippen LogP contribution in [0.3, 0.4) is 0 Å². The lowest BCUT2D eigenvalue weighted by Gasteiger charge is -2.09. The number of amides is 2. The summed E-state index contributed by atoms with van der Waals surface area (Å²) in [5.74, 6) is -2.49. The molecular formula is C14H17FN2O4. The minimum Gasteiger partial charge on any atom is -0.480 e. The van der Waals surface area contributed by atoms with Crippen LogP contribution in [0, 0.1) is 5.82 Å². The van der Waals surface area contributed by atoms with Crippen molar-refractivity contribution in [2.45, 2.75) is 32.4 Å². The van der Waals surface area contributed by atoms with Crippen LogP contribution < -0.4 is 10.6 Å². The Hall–Kier alpha value is -2.44. The Morgan fingerprint density at radius 3 is 2.43 bits per heavy atom. The van der Waals surface area contributed by atoms with Gasteiger partial charge < -0.3 is 15.7 Å². The monoisotopic (exact) mass is 296 g/mol. The zero-order valence-corrected chi connectivity index (χ0v) is 11.6. The van der Waals surface area contributed by atoms with Crippen LogP contribution >= 0.6 is 0 Å². The third-order valence-electron chi connectivity index (χ3n) is 2.76. The molecule has 6 nitrogen and oxygen atoms in total. The van der Waals surface area contributed by atoms with Crippen LogP contribution in [0.15, 0.2) is 24.3 Å². The maximum atomic E-state index is 13.3. The Labute approximate surface area is 121 Å². The van der Waals surface area contributed by atoms with E-state index in [1.165, 1.54) is 13.0 Å². The highest BCUT2D eigenvalue weighted by atomic mass is 19.1. The fourth-order valence-corrected chi connectivity index (χ4v) is 1.53. The SMILES string of the molecule is CC(NC(=O)CCC(=O)NCc1ccccc1F)C(=O)O. The number of halogens is 1. The Morgan fingerprint density at radius 2 is 1.81 bits per heavy atom. The van der Waals surface area contributed by atoms with E-state index < -0.39 is 29.6 Å². The van der Waals surface area contributed by atoms with E-state index in [1.54, 1.807) is 18.2 Å². The molecule has 0 radical (unpaired) electrons. The molecule has 1 unspecified atom stereocenters. The van der Waals surface area contributed by atoms with Crippen molar-refractivity contribution in [3.05, 3.63) is 35.6 Å². The van der Waals surface area contributed by atoms with Gasteiger partial charge in [0.2, 0.25) is 11.8 Å². The molecule has 0 bridgehead atoms. The lowest BCUT2D eigenvalue weighted by Crippen LogP contribution is -2.38. The molecule has 3 N–H and O–H groups in total. The van der Waals surface area contributed by atoms with Crippen molar-refractivity contribution in [1.29, 1.82) is 0 Å². The van der Waals surface area contributed by atoms with Gasteiger partial charge in [0.15, 0.2) is 0 Å². The number of rotatable bonds is 7. The first-order chi connectivity index (χ1) is 9.90. The molecule has 114 valence electrons. The zero-order valence-electron chi connectivity index (χ0n) is 11.6. The number of carboxylic acids is 1. The molecule has 0 saturated heterocycles. The second kappa shape index (κ2) is 7.98. The van der Waals surface area contributed by atoms with Crippen LogP contribution in [0.4, 0.5) is 4.39 Å². The molecule has 2 amide bonds. The Balaban J connectivity index is 2.30. The Kier molecular flexibility index (Phi) is 6.32. The van der Waals surface area contributed by atoms with Gasteiger partial charge in [-0.3, -0.25) is 14.4 Å². The van der Waals surface area contributed by atoms with Gasteiger partial charge in [-0.25, -0.2) is 4.39 Å². The minimum atomic E-state index is -1.15. The zero-order chi connectivity index (χ0) is 15.8. The van der Waals surface area contributed by atoms with E-state index in [2.05, 4.69) is 10.6 Å². The summed E-state index contributed by atoms with van der Waals surface area (Å²) in [7, 11) is 0. The molecular weight excluding hydrogens is 279 g/mol. The predicted octanol–water partition coefficient (Wildman–Crippen LogP) is 0.811. The van der Waals surface area contributed by atoms with Gasteiger partial charge in [-0.1, -0.05) is 18.2 Å². The van der Waals surface area contributed by atoms with E-state index in [0.29, 0.717) is 5.56 Å². The standard InChI is InChI=1S/C14H17FN2O4/c1-9(14(20)21)17-13(19)7-6-12(18)16-8-10-4-2-3-5-11(10)15/h2-5,9H,6-8H2,1H3,(H,16,18)(H,17,19)(H,20,21). The fraction of sp³-hybridized carbons (Fsp3) is 0.357. The highest BCUT2D eigenvalue weighted by Crippen LogP contribution is 2.05. The van der Waals surface area contributed by atoms with Crippen LogP contribution in [-0.2, 0) is 20.9 Å². The van der Waals surface area contributed by atoms with Gasteiger partial charge in [0.25, 0.3) is 0 Å². The first-order valence-electron chi connectivity index (χ1n) is 6.42. The van der Waals surface area contributed by atoms with Gasteiger partial charge in [-0.15, -0.1) is 0 Å². The van der Waals surface area contributed by atoms with Gasteiger partial charge in [0.05, 0.1) is 0 Å². The molecule has 0 aromatic heterocycles. The first-order valence-corrected chi connectivity index (χ1v) is 6.42. The summed E-state index contributed by atoms with van der Waals surface area (Å²) in [6.45, 7) is 1.37. The lowest BCUT2D eigenvalue weighted by atomic mass is 10.2. The van der Waals surface area contributed by atoms with E-state index in [9.17, 15) is 18.8 Å². The number of benzene rings is 1. The van der Waals surface area contributed by atoms with Crippen molar-refractivity contribution < 1.29 is 23.9 Å². The van der Waals surface area contributed by atoms with Crippen molar-refractivity contribution >= 4 is 17.8 Å². The molecule has 0 aliphatic rings. The van der Waals surface area contributed by atoms with Crippen LogP contribution in [0.2, 0.25) is 0 Å². The number of aliphatic carboxylic acids is 1. The summed E-state index contributed by atoms with van der Waals surface area (Å²) in [6.07, 6.45) is -0.215. The molecule has 1 aromatic carbocycles. The largest absolute Gasteiger partial charge is 0.480 e. The van der Waals surface area contributed by atoms with Gasteiger partial charge >= 0.3 is 5.97 Å². The number of carboxylic acid groups (broad SMARTS) is 1. The molecule has 0 aliphatic heterocycles. The summed E-state index contributed by atoms with van der Waals surface area (Å²) < 4.78 is 13.3. The quantitative estimate of drug-likeness (QED) is 0.694. The highest BCUT2D eigenvalue weighted by molar-refractivity contribution is 5.86. The summed E-state index contributed by atoms with van der Waals surface area (Å²) in [4.78, 5) is 33.4.